The zero-order chi connectivity index (χ0) is 19.1. The van der Waals surface area contributed by atoms with Crippen LogP contribution in [0.1, 0.15) is 25.3 Å². The Balaban J connectivity index is 0.00000280. The van der Waals surface area contributed by atoms with Gasteiger partial charge in [-0.3, -0.25) is 9.79 Å². The molecule has 28 heavy (non-hydrogen) atoms. The molecule has 1 unspecified atom stereocenters. The molecule has 1 aromatic carbocycles. The molecule has 2 aliphatic rings. The summed E-state index contributed by atoms with van der Waals surface area (Å²) in [6.07, 6.45) is 2.47. The second-order valence-electron chi connectivity index (χ2n) is 6.93. The second-order valence-corrected chi connectivity index (χ2v) is 7.37. The highest BCUT2D eigenvalue weighted by molar-refractivity contribution is 14.0. The molecule has 0 radical (unpaired) electrons. The van der Waals surface area contributed by atoms with Crippen molar-refractivity contribution in [3.63, 3.8) is 0 Å². The van der Waals surface area contributed by atoms with Gasteiger partial charge in [0.2, 0.25) is 0 Å². The number of aliphatic imine (C=N–C) groups is 1. The molecule has 1 aromatic rings. The first-order valence-electron chi connectivity index (χ1n) is 9.85. The number of amides is 1. The lowest BCUT2D eigenvalue weighted by Gasteiger charge is -2.37. The number of nitrogens with one attached hydrogen (secondary N) is 1. The van der Waals surface area contributed by atoms with Gasteiger partial charge in [-0.15, -0.1) is 24.0 Å². The summed E-state index contributed by atoms with van der Waals surface area (Å²) in [6.45, 7) is 7.34. The quantitative estimate of drug-likeness (QED) is 0.369. The average Bonchev–Trinajstić information content (AvgIpc) is 3.22. The molecule has 0 saturated carbocycles. The minimum atomic E-state index is -0.226. The summed E-state index contributed by atoms with van der Waals surface area (Å²) in [5, 5.41) is 4.13. The molecule has 0 aromatic heterocycles. The highest BCUT2D eigenvalue weighted by atomic mass is 127. The first kappa shape index (κ1) is 23.2. The lowest BCUT2D eigenvalue weighted by atomic mass is 10.1. The number of halogens is 2. The van der Waals surface area contributed by atoms with Crippen LogP contribution in [0.25, 0.3) is 0 Å². The minimum absolute atomic E-state index is 0. The van der Waals surface area contributed by atoms with E-state index in [0.717, 1.165) is 63.0 Å². The third-order valence-corrected chi connectivity index (χ3v) is 5.22. The number of hydrogen-bond donors (Lipinski definition) is 1. The van der Waals surface area contributed by atoms with Gasteiger partial charge in [0.15, 0.2) is 5.96 Å². The summed E-state index contributed by atoms with van der Waals surface area (Å²) in [5.41, 5.74) is 1.19. The van der Waals surface area contributed by atoms with E-state index in [0.29, 0.717) is 13.2 Å². The molecular weight excluding hydrogens is 491 g/mol. The molecule has 2 aliphatic heterocycles. The topological polar surface area (TPSA) is 57.2 Å². The Bertz CT molecular complexity index is 659. The molecule has 2 fully saturated rings. The number of rotatable bonds is 5. The summed E-state index contributed by atoms with van der Waals surface area (Å²) in [5.74, 6) is 1.07. The fraction of sp³-hybridized carbons (Fsp3) is 0.600. The van der Waals surface area contributed by atoms with Crippen molar-refractivity contribution in [1.29, 1.82) is 0 Å². The highest BCUT2D eigenvalue weighted by Gasteiger charge is 2.30. The molecule has 0 bridgehead atoms. The predicted octanol–water partition coefficient (Wildman–Crippen LogP) is 2.79. The van der Waals surface area contributed by atoms with Gasteiger partial charge in [0, 0.05) is 50.9 Å². The summed E-state index contributed by atoms with van der Waals surface area (Å²) < 4.78 is 5.53. The molecule has 1 amide bonds. The molecule has 8 heteroatoms. The third kappa shape index (κ3) is 6.49. The fourth-order valence-electron chi connectivity index (χ4n) is 3.52. The van der Waals surface area contributed by atoms with Gasteiger partial charge in [-0.1, -0.05) is 23.7 Å². The van der Waals surface area contributed by atoms with Crippen LogP contribution < -0.4 is 5.32 Å². The number of carbonyl (C=O) groups is 1. The van der Waals surface area contributed by atoms with Gasteiger partial charge in [-0.2, -0.15) is 0 Å². The van der Waals surface area contributed by atoms with E-state index in [9.17, 15) is 4.79 Å². The van der Waals surface area contributed by atoms with E-state index in [2.05, 4.69) is 23.2 Å². The third-order valence-electron chi connectivity index (χ3n) is 4.98. The molecule has 1 N–H and O–H groups in total. The standard InChI is InChI=1S/C20H29ClN4O2.HI/c1-2-22-20(23-9-8-16-5-3-6-17(21)15-16)25-12-10-24(11-13-25)19(26)18-7-4-14-27-18;/h3,5-6,15,18H,2,4,7-14H2,1H3,(H,22,23);1H. The van der Waals surface area contributed by atoms with Crippen molar-refractivity contribution in [3.8, 4) is 0 Å². The molecule has 156 valence electrons. The van der Waals surface area contributed by atoms with Crippen LogP contribution in [0, 0.1) is 0 Å². The molecular formula is C20H30ClIN4O2. The van der Waals surface area contributed by atoms with Crippen LogP contribution in [-0.4, -0.2) is 73.6 Å². The van der Waals surface area contributed by atoms with Crippen LogP contribution in [-0.2, 0) is 16.0 Å². The van der Waals surface area contributed by atoms with Crippen LogP contribution in [0.4, 0.5) is 0 Å². The van der Waals surface area contributed by atoms with Crippen molar-refractivity contribution in [2.75, 3.05) is 45.9 Å². The van der Waals surface area contributed by atoms with Gasteiger partial charge in [0.05, 0.1) is 0 Å². The highest BCUT2D eigenvalue weighted by Crippen LogP contribution is 2.16. The van der Waals surface area contributed by atoms with Crippen LogP contribution >= 0.6 is 35.6 Å². The first-order chi connectivity index (χ1) is 13.2. The number of benzene rings is 1. The number of piperazine rings is 1. The summed E-state index contributed by atoms with van der Waals surface area (Å²) in [6, 6.07) is 7.91. The first-order valence-corrected chi connectivity index (χ1v) is 10.2. The molecule has 1 atom stereocenters. The van der Waals surface area contributed by atoms with E-state index in [1.54, 1.807) is 0 Å². The minimum Gasteiger partial charge on any atom is -0.368 e. The van der Waals surface area contributed by atoms with Gasteiger partial charge >= 0.3 is 0 Å². The summed E-state index contributed by atoms with van der Waals surface area (Å²) >= 11 is 6.05. The molecule has 0 spiro atoms. The predicted molar refractivity (Wildman–Crippen MR) is 124 cm³/mol. The maximum atomic E-state index is 12.5. The molecule has 2 saturated heterocycles. The molecule has 2 heterocycles. The second kappa shape index (κ2) is 11.8. The van der Waals surface area contributed by atoms with E-state index < -0.39 is 0 Å². The SMILES string of the molecule is CCNC(=NCCc1cccc(Cl)c1)N1CCN(C(=O)C2CCCO2)CC1.I. The fourth-order valence-corrected chi connectivity index (χ4v) is 3.74. The van der Waals surface area contributed by atoms with Crippen molar-refractivity contribution in [2.45, 2.75) is 32.3 Å². The van der Waals surface area contributed by atoms with Crippen molar-refractivity contribution >= 4 is 47.4 Å². The van der Waals surface area contributed by atoms with Gasteiger partial charge in [0.1, 0.15) is 6.10 Å². The number of nitrogens with zero attached hydrogens (tertiary/aromatic N) is 3. The van der Waals surface area contributed by atoms with Crippen LogP contribution in [0.15, 0.2) is 29.3 Å². The Labute approximate surface area is 189 Å². The van der Waals surface area contributed by atoms with Crippen molar-refractivity contribution in [2.24, 2.45) is 4.99 Å². The van der Waals surface area contributed by atoms with Crippen molar-refractivity contribution < 1.29 is 9.53 Å². The summed E-state index contributed by atoms with van der Waals surface area (Å²) in [7, 11) is 0. The Morgan fingerprint density at radius 2 is 2.04 bits per heavy atom. The van der Waals surface area contributed by atoms with E-state index in [1.807, 2.05) is 23.1 Å². The van der Waals surface area contributed by atoms with E-state index in [1.165, 1.54) is 5.56 Å². The van der Waals surface area contributed by atoms with Crippen LogP contribution in [0.5, 0.6) is 0 Å². The number of guanidine groups is 1. The van der Waals surface area contributed by atoms with E-state index in [-0.39, 0.29) is 36.0 Å². The Hall–Kier alpha value is -1.06. The van der Waals surface area contributed by atoms with Crippen LogP contribution in [0.2, 0.25) is 5.02 Å². The smallest absolute Gasteiger partial charge is 0.251 e. The van der Waals surface area contributed by atoms with E-state index >= 15 is 0 Å². The number of ether oxygens (including phenoxy) is 1. The molecule has 6 nitrogen and oxygen atoms in total. The lowest BCUT2D eigenvalue weighted by Crippen LogP contribution is -2.55. The monoisotopic (exact) mass is 520 g/mol. The molecule has 3 rings (SSSR count). The number of hydrogen-bond acceptors (Lipinski definition) is 3. The van der Waals surface area contributed by atoms with E-state index in [4.69, 9.17) is 21.3 Å². The Morgan fingerprint density at radius 3 is 2.68 bits per heavy atom. The maximum absolute atomic E-state index is 12.5. The van der Waals surface area contributed by atoms with Crippen LogP contribution in [0.3, 0.4) is 0 Å². The lowest BCUT2D eigenvalue weighted by molar-refractivity contribution is -0.142. The zero-order valence-electron chi connectivity index (χ0n) is 16.4. The van der Waals surface area contributed by atoms with Crippen molar-refractivity contribution in [3.05, 3.63) is 34.9 Å². The average molecular weight is 521 g/mol. The maximum Gasteiger partial charge on any atom is 0.251 e. The largest absolute Gasteiger partial charge is 0.368 e. The number of carbonyl (C=O) groups excluding carboxylic acids is 1. The van der Waals surface area contributed by atoms with Gasteiger partial charge < -0.3 is 19.9 Å². The zero-order valence-corrected chi connectivity index (χ0v) is 19.5. The van der Waals surface area contributed by atoms with Gasteiger partial charge in [-0.05, 0) is 43.9 Å². The summed E-state index contributed by atoms with van der Waals surface area (Å²) in [4.78, 5) is 21.4. The normalized spacial score (nSPS) is 20.1. The molecule has 0 aliphatic carbocycles. The van der Waals surface area contributed by atoms with Gasteiger partial charge in [-0.25, -0.2) is 0 Å². The van der Waals surface area contributed by atoms with Gasteiger partial charge in [0.25, 0.3) is 5.91 Å². The Kier molecular flexibility index (Phi) is 9.81. The Morgan fingerprint density at radius 1 is 1.29 bits per heavy atom. The van der Waals surface area contributed by atoms with Crippen molar-refractivity contribution in [1.82, 2.24) is 15.1 Å².